The quantitative estimate of drug-likeness (QED) is 0.323. The Kier molecular flexibility index (Phi) is 5.50. The maximum Gasteiger partial charge on any atom is 0.264 e. The predicted octanol–water partition coefficient (Wildman–Crippen LogP) is 3.53. The van der Waals surface area contributed by atoms with Gasteiger partial charge >= 0.3 is 0 Å². The lowest BCUT2D eigenvalue weighted by molar-refractivity contribution is 0.297. The van der Waals surface area contributed by atoms with Crippen LogP contribution >= 0.6 is 0 Å². The second-order valence-corrected chi connectivity index (χ2v) is 11.1. The zero-order valence-corrected chi connectivity index (χ0v) is 20.6. The van der Waals surface area contributed by atoms with Crippen LogP contribution < -0.4 is 5.73 Å². The summed E-state index contributed by atoms with van der Waals surface area (Å²) in [5, 5.41) is 10.3. The number of rotatable bonds is 8. The van der Waals surface area contributed by atoms with Crippen molar-refractivity contribution in [2.45, 2.75) is 19.4 Å². The zero-order valence-electron chi connectivity index (χ0n) is 19.8. The van der Waals surface area contributed by atoms with Crippen LogP contribution in [-0.4, -0.2) is 45.7 Å². The predicted molar refractivity (Wildman–Crippen MR) is 138 cm³/mol. The lowest BCUT2D eigenvalue weighted by Crippen LogP contribution is -2.07. The van der Waals surface area contributed by atoms with E-state index < -0.39 is 10.1 Å². The third kappa shape index (κ3) is 4.57. The van der Waals surface area contributed by atoms with Gasteiger partial charge in [0, 0.05) is 22.8 Å². The number of nitrogens with two attached hydrogens (primary N) is 1. The van der Waals surface area contributed by atoms with Crippen molar-refractivity contribution in [1.29, 1.82) is 0 Å². The van der Waals surface area contributed by atoms with Crippen LogP contribution in [0, 0.1) is 11.8 Å². The van der Waals surface area contributed by atoms with E-state index in [4.69, 9.17) is 15.0 Å². The Bertz CT molecular complexity index is 1680. The molecule has 184 valence electrons. The van der Waals surface area contributed by atoms with E-state index in [1.807, 2.05) is 27.4 Å². The fourth-order valence-corrected chi connectivity index (χ4v) is 5.25. The lowest BCUT2D eigenvalue weighted by Gasteiger charge is -2.04. The van der Waals surface area contributed by atoms with Gasteiger partial charge in [-0.2, -0.15) is 18.6 Å². The van der Waals surface area contributed by atoms with Crippen LogP contribution in [0.25, 0.3) is 27.5 Å². The molecule has 0 saturated heterocycles. The molecule has 0 radical (unpaired) electrons. The van der Waals surface area contributed by atoms with Gasteiger partial charge in [-0.25, -0.2) is 9.50 Å². The summed E-state index contributed by atoms with van der Waals surface area (Å²) in [5.41, 5.74) is 12.1. The molecule has 3 aromatic heterocycles. The van der Waals surface area contributed by atoms with Crippen molar-refractivity contribution in [3.63, 3.8) is 0 Å². The minimum absolute atomic E-state index is 0.220. The van der Waals surface area contributed by atoms with Gasteiger partial charge in [0.15, 0.2) is 5.82 Å². The molecule has 2 unspecified atom stereocenters. The van der Waals surface area contributed by atoms with E-state index in [1.165, 1.54) is 11.9 Å². The molecule has 5 aromatic rings. The van der Waals surface area contributed by atoms with Crippen LogP contribution in [0.3, 0.4) is 0 Å². The summed E-state index contributed by atoms with van der Waals surface area (Å²) in [6.07, 6.45) is 6.27. The van der Waals surface area contributed by atoms with Gasteiger partial charge in [-0.05, 0) is 47.9 Å². The molecule has 36 heavy (non-hydrogen) atoms. The Hall–Kier alpha value is -3.76. The first-order valence-corrected chi connectivity index (χ1v) is 13.6. The fraction of sp³-hybridized carbons (Fsp3) is 0.269. The molecule has 6 rings (SSSR count). The van der Waals surface area contributed by atoms with Crippen molar-refractivity contribution >= 4 is 32.4 Å². The van der Waals surface area contributed by atoms with E-state index in [2.05, 4.69) is 52.7 Å². The summed E-state index contributed by atoms with van der Waals surface area (Å²) in [6, 6.07) is 18.6. The molecule has 1 aliphatic carbocycles. The summed E-state index contributed by atoms with van der Waals surface area (Å²) < 4.78 is 31.4. The second-order valence-electron chi connectivity index (χ2n) is 9.49. The van der Waals surface area contributed by atoms with Crippen molar-refractivity contribution < 1.29 is 12.6 Å². The van der Waals surface area contributed by atoms with Crippen molar-refractivity contribution in [3.8, 4) is 11.1 Å². The fourth-order valence-electron chi connectivity index (χ4n) is 4.83. The summed E-state index contributed by atoms with van der Waals surface area (Å²) in [5.74, 6) is 0.969. The largest absolute Gasteiger partial charge is 0.382 e. The van der Waals surface area contributed by atoms with Crippen molar-refractivity contribution in [3.05, 3.63) is 78.4 Å². The van der Waals surface area contributed by atoms with E-state index >= 15 is 0 Å². The Morgan fingerprint density at radius 2 is 1.94 bits per heavy atom. The van der Waals surface area contributed by atoms with E-state index in [1.54, 1.807) is 0 Å². The van der Waals surface area contributed by atoms with Gasteiger partial charge in [0.1, 0.15) is 11.8 Å². The number of aromatic nitrogens is 5. The zero-order chi connectivity index (χ0) is 24.9. The van der Waals surface area contributed by atoms with Gasteiger partial charge in [-0.1, -0.05) is 42.5 Å². The van der Waals surface area contributed by atoms with Gasteiger partial charge in [-0.15, -0.1) is 0 Å². The SMILES string of the molecule is CS(=O)(=O)OCC1CC1Cc1cc(-c2ccc3cn(Cc4ccccc4)nc3c2)c2c(N)ncnn12. The van der Waals surface area contributed by atoms with Crippen LogP contribution in [0.4, 0.5) is 5.82 Å². The topological polar surface area (TPSA) is 117 Å². The summed E-state index contributed by atoms with van der Waals surface area (Å²) in [7, 11) is -3.43. The van der Waals surface area contributed by atoms with Crippen molar-refractivity contribution in [1.82, 2.24) is 24.4 Å². The van der Waals surface area contributed by atoms with Gasteiger partial charge in [0.2, 0.25) is 0 Å². The molecule has 0 amide bonds. The molecule has 1 aliphatic rings. The third-order valence-corrected chi connectivity index (χ3v) is 7.31. The van der Waals surface area contributed by atoms with E-state index in [0.717, 1.165) is 52.3 Å². The molecule has 2 aromatic carbocycles. The van der Waals surface area contributed by atoms with Crippen molar-refractivity contribution in [2.75, 3.05) is 18.6 Å². The molecule has 2 N–H and O–H groups in total. The number of nitrogen functional groups attached to an aromatic ring is 1. The van der Waals surface area contributed by atoms with Gasteiger partial charge in [0.05, 0.1) is 24.9 Å². The van der Waals surface area contributed by atoms with Gasteiger partial charge in [0.25, 0.3) is 10.1 Å². The maximum absolute atomic E-state index is 11.3. The number of hydrogen-bond donors (Lipinski definition) is 1. The van der Waals surface area contributed by atoms with Crippen molar-refractivity contribution in [2.24, 2.45) is 11.8 Å². The van der Waals surface area contributed by atoms with Crippen LogP contribution in [0.2, 0.25) is 0 Å². The summed E-state index contributed by atoms with van der Waals surface area (Å²) >= 11 is 0. The molecule has 1 saturated carbocycles. The lowest BCUT2D eigenvalue weighted by atomic mass is 10.0. The van der Waals surface area contributed by atoms with Crippen LogP contribution in [0.1, 0.15) is 17.7 Å². The summed E-state index contributed by atoms with van der Waals surface area (Å²) in [6.45, 7) is 0.926. The van der Waals surface area contributed by atoms with E-state index in [9.17, 15) is 8.42 Å². The molecule has 2 atom stereocenters. The molecule has 9 nitrogen and oxygen atoms in total. The monoisotopic (exact) mass is 502 g/mol. The number of fused-ring (bicyclic) bond motifs is 2. The minimum Gasteiger partial charge on any atom is -0.382 e. The summed E-state index contributed by atoms with van der Waals surface area (Å²) in [4.78, 5) is 4.23. The highest BCUT2D eigenvalue weighted by Gasteiger charge is 2.38. The molecule has 1 fully saturated rings. The maximum atomic E-state index is 11.3. The normalized spacial score (nSPS) is 17.7. The number of anilines is 1. The van der Waals surface area contributed by atoms with Gasteiger partial charge < -0.3 is 5.73 Å². The highest BCUT2D eigenvalue weighted by molar-refractivity contribution is 7.85. The third-order valence-electron chi connectivity index (χ3n) is 6.75. The standard InChI is InChI=1S/C26H26N6O3S/c1-36(33,34)35-15-21-9-20(21)10-22-12-23(25-26(27)28-16-29-32(22)25)18-7-8-19-14-31(30-24(19)11-18)13-17-5-3-2-4-6-17/h2-8,11-12,14,16,20-21H,9-10,13,15H2,1H3,(H2,27,28,29). The average molecular weight is 503 g/mol. The van der Waals surface area contributed by atoms with E-state index in [-0.39, 0.29) is 12.5 Å². The molecule has 10 heteroatoms. The molecule has 0 aliphatic heterocycles. The van der Waals surface area contributed by atoms with Crippen LogP contribution in [-0.2, 0) is 27.3 Å². The minimum atomic E-state index is -3.43. The highest BCUT2D eigenvalue weighted by atomic mass is 32.2. The number of benzene rings is 2. The number of hydrogen-bond acceptors (Lipinski definition) is 7. The smallest absolute Gasteiger partial charge is 0.264 e. The molecule has 3 heterocycles. The second kappa shape index (κ2) is 8.72. The molecular formula is C26H26N6O3S. The Balaban J connectivity index is 1.30. The first kappa shape index (κ1) is 22.7. The van der Waals surface area contributed by atoms with E-state index in [0.29, 0.717) is 18.3 Å². The van der Waals surface area contributed by atoms with Gasteiger partial charge in [-0.3, -0.25) is 8.86 Å². The first-order chi connectivity index (χ1) is 17.3. The first-order valence-electron chi connectivity index (χ1n) is 11.8. The van der Waals surface area contributed by atoms with Crippen LogP contribution in [0.15, 0.2) is 67.1 Å². The average Bonchev–Trinajstić information content (AvgIpc) is 3.29. The Labute approximate surface area is 208 Å². The molecular weight excluding hydrogens is 476 g/mol. The Morgan fingerprint density at radius 3 is 2.75 bits per heavy atom. The molecule has 0 bridgehead atoms. The highest BCUT2D eigenvalue weighted by Crippen LogP contribution is 2.43. The molecule has 0 spiro atoms. The van der Waals surface area contributed by atoms with Crippen LogP contribution in [0.5, 0.6) is 0 Å². The number of nitrogens with zero attached hydrogens (tertiary/aromatic N) is 5. The Morgan fingerprint density at radius 1 is 1.11 bits per heavy atom.